The summed E-state index contributed by atoms with van der Waals surface area (Å²) in [7, 11) is 0. The van der Waals surface area contributed by atoms with Crippen LogP contribution in [0.25, 0.3) is 0 Å². The number of nitrogens with zero attached hydrogens (tertiary/aromatic N) is 2. The minimum Gasteiger partial charge on any atom is -0.322 e. The number of carbonyl (C=O) groups is 1. The summed E-state index contributed by atoms with van der Waals surface area (Å²) in [6, 6.07) is 0. The molecule has 0 saturated carbocycles. The Morgan fingerprint density at radius 2 is 1.93 bits per heavy atom. The fourth-order valence-electron chi connectivity index (χ4n) is 0.974. The summed E-state index contributed by atoms with van der Waals surface area (Å²) in [6.07, 6.45) is 3.16. The van der Waals surface area contributed by atoms with Gasteiger partial charge in [-0.05, 0) is 0 Å². The molecule has 0 fully saturated rings. The van der Waals surface area contributed by atoms with Crippen molar-refractivity contribution in [1.29, 1.82) is 0 Å². The molecule has 4 nitrogen and oxygen atoms in total. The maximum atomic E-state index is 11.0. The predicted molar refractivity (Wildman–Crippen MR) is 60.1 cm³/mol. The van der Waals surface area contributed by atoms with Gasteiger partial charge in [-0.3, -0.25) is 4.79 Å². The van der Waals surface area contributed by atoms with E-state index < -0.39 is 0 Å². The Balaban J connectivity index is 2.77. The Bertz CT molecular complexity index is 343. The topological polar surface area (TPSA) is 54.9 Å². The second-order valence-electron chi connectivity index (χ2n) is 4.23. The van der Waals surface area contributed by atoms with Crippen LogP contribution in [-0.2, 0) is 10.2 Å². The van der Waals surface area contributed by atoms with E-state index in [0.717, 1.165) is 5.82 Å². The van der Waals surface area contributed by atoms with E-state index in [2.05, 4.69) is 15.3 Å². The van der Waals surface area contributed by atoms with Gasteiger partial charge in [0.1, 0.15) is 11.7 Å². The van der Waals surface area contributed by atoms with Crippen LogP contribution < -0.4 is 5.32 Å². The van der Waals surface area contributed by atoms with Crippen LogP contribution in [0.5, 0.6) is 0 Å². The molecule has 0 aliphatic rings. The molecule has 82 valence electrons. The summed E-state index contributed by atoms with van der Waals surface area (Å²) >= 11 is 5.35. The summed E-state index contributed by atoms with van der Waals surface area (Å²) in [5.74, 6) is 0.413. The summed E-state index contributed by atoms with van der Waals surface area (Å²) < 4.78 is 0. The highest BCUT2D eigenvalue weighted by Gasteiger charge is 2.16. The van der Waals surface area contributed by atoms with Crippen LogP contribution in [0.15, 0.2) is 12.4 Å². The third-order valence-corrected chi connectivity index (χ3v) is 1.97. The van der Waals surface area contributed by atoms with Crippen molar-refractivity contribution in [1.82, 2.24) is 9.97 Å². The van der Waals surface area contributed by atoms with Crippen molar-refractivity contribution in [2.45, 2.75) is 26.2 Å². The second kappa shape index (κ2) is 4.57. The zero-order valence-corrected chi connectivity index (χ0v) is 9.80. The molecular weight excluding hydrogens is 214 g/mol. The molecule has 1 aromatic rings. The average Bonchev–Trinajstić information content (AvgIpc) is 2.17. The molecule has 5 heteroatoms. The molecule has 0 aromatic carbocycles. The molecular formula is C10H14ClN3O. The van der Waals surface area contributed by atoms with E-state index in [-0.39, 0.29) is 17.2 Å². The fourth-order valence-corrected chi connectivity index (χ4v) is 1.04. The number of aromatic nitrogens is 2. The number of anilines is 1. The molecule has 0 aliphatic heterocycles. The molecule has 0 saturated heterocycles. The first-order valence-corrected chi connectivity index (χ1v) is 5.15. The van der Waals surface area contributed by atoms with Gasteiger partial charge in [-0.2, -0.15) is 0 Å². The third kappa shape index (κ3) is 3.47. The van der Waals surface area contributed by atoms with Crippen LogP contribution in [-0.4, -0.2) is 21.8 Å². The molecule has 0 spiro atoms. The number of hydrogen-bond donors (Lipinski definition) is 1. The molecule has 0 atom stereocenters. The number of rotatable bonds is 2. The van der Waals surface area contributed by atoms with E-state index in [0.29, 0.717) is 5.69 Å². The number of amides is 1. The van der Waals surface area contributed by atoms with Gasteiger partial charge >= 0.3 is 0 Å². The maximum Gasteiger partial charge on any atom is 0.239 e. The van der Waals surface area contributed by atoms with Crippen molar-refractivity contribution in [3.05, 3.63) is 18.2 Å². The first-order chi connectivity index (χ1) is 6.93. The molecule has 0 aliphatic carbocycles. The largest absolute Gasteiger partial charge is 0.322 e. The number of nitrogens with one attached hydrogen (secondary N) is 1. The predicted octanol–water partition coefficient (Wildman–Crippen LogP) is 1.95. The molecule has 1 heterocycles. The van der Waals surface area contributed by atoms with Crippen LogP contribution in [0.2, 0.25) is 0 Å². The molecule has 1 aromatic heterocycles. The van der Waals surface area contributed by atoms with Crippen LogP contribution in [0, 0.1) is 0 Å². The zero-order chi connectivity index (χ0) is 11.5. The highest BCUT2D eigenvalue weighted by Crippen LogP contribution is 2.17. The van der Waals surface area contributed by atoms with Crippen molar-refractivity contribution in [2.24, 2.45) is 0 Å². The van der Waals surface area contributed by atoms with E-state index in [1.165, 1.54) is 0 Å². The van der Waals surface area contributed by atoms with Gasteiger partial charge in [-0.25, -0.2) is 9.97 Å². The lowest BCUT2D eigenvalue weighted by Crippen LogP contribution is -2.17. The molecule has 1 rings (SSSR count). The Morgan fingerprint density at radius 1 is 1.40 bits per heavy atom. The van der Waals surface area contributed by atoms with E-state index >= 15 is 0 Å². The van der Waals surface area contributed by atoms with E-state index in [9.17, 15) is 4.79 Å². The lowest BCUT2D eigenvalue weighted by Gasteiger charge is -2.16. The Hall–Kier alpha value is -1.16. The van der Waals surface area contributed by atoms with Gasteiger partial charge in [0.05, 0.1) is 18.1 Å². The van der Waals surface area contributed by atoms with Gasteiger partial charge in [0, 0.05) is 5.41 Å². The second-order valence-corrected chi connectivity index (χ2v) is 4.49. The molecule has 1 N–H and O–H groups in total. The zero-order valence-electron chi connectivity index (χ0n) is 9.04. The van der Waals surface area contributed by atoms with Gasteiger partial charge in [0.25, 0.3) is 0 Å². The first kappa shape index (κ1) is 11.9. The van der Waals surface area contributed by atoms with Crippen molar-refractivity contribution in [2.75, 3.05) is 11.2 Å². The Labute approximate surface area is 94.1 Å². The molecule has 0 bridgehead atoms. The Kier molecular flexibility index (Phi) is 3.63. The first-order valence-electron chi connectivity index (χ1n) is 4.62. The fraction of sp³-hybridized carbons (Fsp3) is 0.500. The summed E-state index contributed by atoms with van der Waals surface area (Å²) in [5, 5.41) is 2.57. The maximum absolute atomic E-state index is 11.0. The lowest BCUT2D eigenvalue weighted by molar-refractivity contribution is -0.113. The van der Waals surface area contributed by atoms with Gasteiger partial charge < -0.3 is 5.32 Å². The van der Waals surface area contributed by atoms with Gasteiger partial charge in [0.15, 0.2) is 0 Å². The minimum atomic E-state index is -0.260. The summed E-state index contributed by atoms with van der Waals surface area (Å²) in [6.45, 7) is 6.08. The SMILES string of the molecule is CC(C)(C)c1ncc(NC(=O)CCl)cn1. The van der Waals surface area contributed by atoms with E-state index in [1.54, 1.807) is 12.4 Å². The number of halogens is 1. The third-order valence-electron chi connectivity index (χ3n) is 1.73. The summed E-state index contributed by atoms with van der Waals surface area (Å²) in [4.78, 5) is 19.3. The normalized spacial score (nSPS) is 11.2. The molecule has 1 amide bonds. The smallest absolute Gasteiger partial charge is 0.239 e. The van der Waals surface area contributed by atoms with Gasteiger partial charge in [-0.15, -0.1) is 11.6 Å². The van der Waals surface area contributed by atoms with Crippen LogP contribution in [0.3, 0.4) is 0 Å². The standard InChI is InChI=1S/C10H14ClN3O/c1-10(2,3)9-12-5-7(6-13-9)14-8(15)4-11/h5-6H,4H2,1-3H3,(H,14,15). The monoisotopic (exact) mass is 227 g/mol. The van der Waals surface area contributed by atoms with Crippen molar-refractivity contribution < 1.29 is 4.79 Å². The van der Waals surface area contributed by atoms with E-state index in [4.69, 9.17) is 11.6 Å². The number of alkyl halides is 1. The number of carbonyl (C=O) groups excluding carboxylic acids is 1. The van der Waals surface area contributed by atoms with Crippen molar-refractivity contribution >= 4 is 23.2 Å². The van der Waals surface area contributed by atoms with E-state index in [1.807, 2.05) is 20.8 Å². The highest BCUT2D eigenvalue weighted by atomic mass is 35.5. The molecule has 0 radical (unpaired) electrons. The van der Waals surface area contributed by atoms with Crippen LogP contribution in [0.1, 0.15) is 26.6 Å². The van der Waals surface area contributed by atoms with Crippen LogP contribution in [0.4, 0.5) is 5.69 Å². The quantitative estimate of drug-likeness (QED) is 0.786. The van der Waals surface area contributed by atoms with Crippen LogP contribution >= 0.6 is 11.6 Å². The average molecular weight is 228 g/mol. The van der Waals surface area contributed by atoms with Crippen molar-refractivity contribution in [3.63, 3.8) is 0 Å². The highest BCUT2D eigenvalue weighted by molar-refractivity contribution is 6.29. The summed E-state index contributed by atoms with van der Waals surface area (Å²) in [5.41, 5.74) is 0.475. The minimum absolute atomic E-state index is 0.0684. The molecule has 15 heavy (non-hydrogen) atoms. The Morgan fingerprint density at radius 3 is 2.33 bits per heavy atom. The number of hydrogen-bond acceptors (Lipinski definition) is 3. The van der Waals surface area contributed by atoms with Crippen molar-refractivity contribution in [3.8, 4) is 0 Å². The molecule has 0 unspecified atom stereocenters. The van der Waals surface area contributed by atoms with Gasteiger partial charge in [0.2, 0.25) is 5.91 Å². The van der Waals surface area contributed by atoms with Gasteiger partial charge in [-0.1, -0.05) is 20.8 Å². The lowest BCUT2D eigenvalue weighted by atomic mass is 9.96.